The van der Waals surface area contributed by atoms with Gasteiger partial charge >= 0.3 is 5.69 Å². The molecule has 0 saturated carbocycles. The average Bonchev–Trinajstić information content (AvgIpc) is 3.25. The molecule has 0 bridgehead atoms. The highest BCUT2D eigenvalue weighted by molar-refractivity contribution is 7.98. The van der Waals surface area contributed by atoms with Crippen LogP contribution in [0.15, 0.2) is 87.5 Å². The van der Waals surface area contributed by atoms with Crippen LogP contribution in [0.4, 0.5) is 0 Å². The number of hydrogen-bond donors (Lipinski definition) is 2. The molecule has 3 aromatic carbocycles. The predicted molar refractivity (Wildman–Crippen MR) is 137 cm³/mol. The Bertz CT molecular complexity index is 1550. The van der Waals surface area contributed by atoms with Gasteiger partial charge in [-0.1, -0.05) is 54.2 Å². The summed E-state index contributed by atoms with van der Waals surface area (Å²) in [5, 5.41) is 12.0. The fourth-order valence-corrected chi connectivity index (χ4v) is 4.95. The number of aromatic nitrogens is 5. The van der Waals surface area contributed by atoms with Crippen molar-refractivity contribution in [2.45, 2.75) is 24.3 Å². The van der Waals surface area contributed by atoms with E-state index in [4.69, 9.17) is 4.74 Å². The lowest BCUT2D eigenvalue weighted by atomic mass is 10.1. The highest BCUT2D eigenvalue weighted by atomic mass is 32.2. The lowest BCUT2D eigenvalue weighted by Gasteiger charge is -2.12. The average molecular weight is 486 g/mol. The minimum absolute atomic E-state index is 0.244. The Labute approximate surface area is 205 Å². The zero-order chi connectivity index (χ0) is 24.2. The second kappa shape index (κ2) is 10.0. The van der Waals surface area contributed by atoms with E-state index < -0.39 is 11.2 Å². The molecule has 8 nitrogen and oxygen atoms in total. The number of ether oxygens (including phenoxy) is 1. The summed E-state index contributed by atoms with van der Waals surface area (Å²) in [7, 11) is 0. The van der Waals surface area contributed by atoms with Crippen molar-refractivity contribution in [2.24, 2.45) is 0 Å². The van der Waals surface area contributed by atoms with Gasteiger partial charge in [-0.15, -0.1) is 10.2 Å². The number of H-pyrrole nitrogens is 2. The normalized spacial score (nSPS) is 11.1. The minimum atomic E-state index is -0.551. The molecular weight excluding hydrogens is 462 g/mol. The summed E-state index contributed by atoms with van der Waals surface area (Å²) in [6.07, 6.45) is 0.244. The second-order valence-electron chi connectivity index (χ2n) is 7.88. The second-order valence-corrected chi connectivity index (χ2v) is 8.82. The molecule has 0 radical (unpaired) electrons. The largest absolute Gasteiger partial charge is 0.494 e. The zero-order valence-electron chi connectivity index (χ0n) is 19.0. The van der Waals surface area contributed by atoms with E-state index in [9.17, 15) is 9.59 Å². The Hall–Kier alpha value is -4.11. The zero-order valence-corrected chi connectivity index (χ0v) is 19.8. The molecular formula is C26H23N5O3S. The predicted octanol–water partition coefficient (Wildman–Crippen LogP) is 4.08. The van der Waals surface area contributed by atoms with Gasteiger partial charge in [0, 0.05) is 29.6 Å². The van der Waals surface area contributed by atoms with Crippen molar-refractivity contribution in [3.8, 4) is 11.4 Å². The van der Waals surface area contributed by atoms with Gasteiger partial charge in [-0.2, -0.15) is 0 Å². The number of nitrogens with one attached hydrogen (secondary N) is 2. The number of thioether (sulfide) groups is 1. The van der Waals surface area contributed by atoms with Crippen LogP contribution in [0.25, 0.3) is 16.5 Å². The van der Waals surface area contributed by atoms with E-state index in [1.54, 1.807) is 11.8 Å². The Morgan fingerprint density at radius 3 is 2.54 bits per heavy atom. The van der Waals surface area contributed by atoms with Crippen LogP contribution in [-0.2, 0) is 12.2 Å². The molecule has 9 heteroatoms. The van der Waals surface area contributed by atoms with E-state index in [0.717, 1.165) is 11.4 Å². The Morgan fingerprint density at radius 1 is 0.943 bits per heavy atom. The van der Waals surface area contributed by atoms with Crippen molar-refractivity contribution in [2.75, 3.05) is 6.61 Å². The van der Waals surface area contributed by atoms with Crippen molar-refractivity contribution in [1.29, 1.82) is 0 Å². The molecule has 0 spiro atoms. The van der Waals surface area contributed by atoms with E-state index in [-0.39, 0.29) is 6.42 Å². The number of rotatable bonds is 8. The molecule has 2 aromatic heterocycles. The third kappa shape index (κ3) is 5.04. The number of hydrogen-bond acceptors (Lipinski definition) is 6. The third-order valence-corrected chi connectivity index (χ3v) is 6.49. The van der Waals surface area contributed by atoms with E-state index in [1.165, 1.54) is 22.4 Å². The van der Waals surface area contributed by atoms with Crippen LogP contribution in [0.3, 0.4) is 0 Å². The Balaban J connectivity index is 1.51. The summed E-state index contributed by atoms with van der Waals surface area (Å²) in [4.78, 5) is 28.4. The highest BCUT2D eigenvalue weighted by Crippen LogP contribution is 2.29. The minimum Gasteiger partial charge on any atom is -0.494 e. The summed E-state index contributed by atoms with van der Waals surface area (Å²) in [5.74, 6) is 2.09. The van der Waals surface area contributed by atoms with E-state index in [2.05, 4.69) is 50.5 Å². The number of aromatic amines is 2. The maximum Gasteiger partial charge on any atom is 0.325 e. The SMILES string of the molecule is CCOc1ccc(-n2c(Cc3cc(=O)[nH]c(=O)[nH]3)nnc2SCc2cccc3ccccc23)cc1. The first kappa shape index (κ1) is 22.7. The van der Waals surface area contributed by atoms with Crippen molar-refractivity contribution in [3.63, 3.8) is 0 Å². The van der Waals surface area contributed by atoms with E-state index in [0.29, 0.717) is 29.0 Å². The van der Waals surface area contributed by atoms with Crippen LogP contribution in [0.1, 0.15) is 24.0 Å². The summed E-state index contributed by atoms with van der Waals surface area (Å²) < 4.78 is 7.53. The molecule has 0 amide bonds. The van der Waals surface area contributed by atoms with Gasteiger partial charge in [0.15, 0.2) is 5.16 Å². The van der Waals surface area contributed by atoms with Gasteiger partial charge in [0.05, 0.1) is 6.61 Å². The fourth-order valence-electron chi connectivity index (χ4n) is 3.97. The maximum atomic E-state index is 11.8. The van der Waals surface area contributed by atoms with Crippen LogP contribution in [0.5, 0.6) is 5.75 Å². The number of fused-ring (bicyclic) bond motifs is 1. The summed E-state index contributed by atoms with van der Waals surface area (Å²) in [6, 6.07) is 23.6. The van der Waals surface area contributed by atoms with Crippen LogP contribution >= 0.6 is 11.8 Å². The Morgan fingerprint density at radius 2 is 1.74 bits per heavy atom. The van der Waals surface area contributed by atoms with Crippen molar-refractivity contribution < 1.29 is 4.74 Å². The van der Waals surface area contributed by atoms with Crippen LogP contribution in [-0.4, -0.2) is 31.3 Å². The monoisotopic (exact) mass is 485 g/mol. The smallest absolute Gasteiger partial charge is 0.325 e. The molecule has 35 heavy (non-hydrogen) atoms. The Kier molecular flexibility index (Phi) is 6.49. The first-order valence-electron chi connectivity index (χ1n) is 11.2. The molecule has 0 aliphatic carbocycles. The summed E-state index contributed by atoms with van der Waals surface area (Å²) >= 11 is 1.58. The van der Waals surface area contributed by atoms with Crippen molar-refractivity contribution in [3.05, 3.63) is 111 Å². The van der Waals surface area contributed by atoms with Crippen LogP contribution in [0.2, 0.25) is 0 Å². The fraction of sp³-hybridized carbons (Fsp3) is 0.154. The van der Waals surface area contributed by atoms with E-state index in [1.807, 2.05) is 47.9 Å². The van der Waals surface area contributed by atoms with E-state index >= 15 is 0 Å². The standard InChI is InChI=1S/C26H23N5O3S/c1-2-34-21-12-10-20(11-13-21)31-23(14-19-15-24(32)28-25(33)27-19)29-30-26(31)35-16-18-8-5-7-17-6-3-4-9-22(17)18/h3-13,15H,2,14,16H2,1H3,(H2,27,28,32,33). The van der Waals surface area contributed by atoms with Gasteiger partial charge in [-0.05, 0) is 47.5 Å². The lowest BCUT2D eigenvalue weighted by Crippen LogP contribution is -2.23. The molecule has 0 atom stereocenters. The first-order valence-corrected chi connectivity index (χ1v) is 12.2. The van der Waals surface area contributed by atoms with Crippen molar-refractivity contribution >= 4 is 22.5 Å². The van der Waals surface area contributed by atoms with Gasteiger partial charge in [0.2, 0.25) is 0 Å². The maximum absolute atomic E-state index is 11.8. The molecule has 176 valence electrons. The van der Waals surface area contributed by atoms with Gasteiger partial charge in [0.25, 0.3) is 5.56 Å². The van der Waals surface area contributed by atoms with Crippen LogP contribution < -0.4 is 16.0 Å². The molecule has 0 aliphatic rings. The molecule has 0 aliphatic heterocycles. The molecule has 2 heterocycles. The highest BCUT2D eigenvalue weighted by Gasteiger charge is 2.16. The quantitative estimate of drug-likeness (QED) is 0.321. The third-order valence-electron chi connectivity index (χ3n) is 5.51. The summed E-state index contributed by atoms with van der Waals surface area (Å²) in [6.45, 7) is 2.52. The van der Waals surface area contributed by atoms with Gasteiger partial charge in [-0.25, -0.2) is 4.79 Å². The molecule has 5 aromatic rings. The van der Waals surface area contributed by atoms with Gasteiger partial charge in [0.1, 0.15) is 11.6 Å². The van der Waals surface area contributed by atoms with Crippen molar-refractivity contribution in [1.82, 2.24) is 24.7 Å². The number of benzene rings is 3. The summed E-state index contributed by atoms with van der Waals surface area (Å²) in [5.41, 5.74) is 1.52. The first-order chi connectivity index (χ1) is 17.1. The molecule has 0 saturated heterocycles. The molecule has 5 rings (SSSR count). The van der Waals surface area contributed by atoms with Gasteiger partial charge in [-0.3, -0.25) is 14.3 Å². The molecule has 0 unspecified atom stereocenters. The van der Waals surface area contributed by atoms with Gasteiger partial charge < -0.3 is 9.72 Å². The molecule has 0 fully saturated rings. The van der Waals surface area contributed by atoms with Crippen LogP contribution in [0, 0.1) is 0 Å². The number of nitrogens with zero attached hydrogens (tertiary/aromatic N) is 3. The molecule has 2 N–H and O–H groups in total. The topological polar surface area (TPSA) is 106 Å². The lowest BCUT2D eigenvalue weighted by molar-refractivity contribution is 0.340.